The summed E-state index contributed by atoms with van der Waals surface area (Å²) >= 11 is 1.71. The number of aryl methyl sites for hydroxylation is 1. The van der Waals surface area contributed by atoms with Crippen molar-refractivity contribution in [3.8, 4) is 0 Å². The van der Waals surface area contributed by atoms with Crippen LogP contribution >= 0.6 is 11.3 Å². The number of hydrogen-bond donors (Lipinski definition) is 1. The molecular weight excluding hydrogens is 248 g/mol. The van der Waals surface area contributed by atoms with Gasteiger partial charge in [-0.15, -0.1) is 11.3 Å². The Kier molecular flexibility index (Phi) is 3.05. The maximum absolute atomic E-state index is 5.40. The van der Waals surface area contributed by atoms with E-state index in [9.17, 15) is 0 Å². The number of hydrogen-bond acceptors (Lipinski definition) is 6. The quantitative estimate of drug-likeness (QED) is 0.897. The minimum Gasteiger partial charge on any atom is -0.378 e. The van der Waals surface area contributed by atoms with Gasteiger partial charge in [-0.3, -0.25) is 0 Å². The first-order chi connectivity index (χ1) is 8.78. The topological polar surface area (TPSA) is 50.3 Å². The van der Waals surface area contributed by atoms with Gasteiger partial charge in [-0.25, -0.2) is 4.98 Å². The Hall–Kier alpha value is -1.40. The molecule has 1 aliphatic heterocycles. The lowest BCUT2D eigenvalue weighted by atomic mass is 10.3. The van der Waals surface area contributed by atoms with Crippen molar-refractivity contribution in [1.29, 1.82) is 0 Å². The fourth-order valence-corrected chi connectivity index (χ4v) is 3.03. The Balaban J connectivity index is 2.12. The van der Waals surface area contributed by atoms with Crippen LogP contribution in [0.15, 0.2) is 6.07 Å². The van der Waals surface area contributed by atoms with Crippen molar-refractivity contribution in [2.45, 2.75) is 6.92 Å². The molecule has 1 aliphatic rings. The second-order valence-electron chi connectivity index (χ2n) is 4.30. The van der Waals surface area contributed by atoms with E-state index in [0.29, 0.717) is 5.95 Å². The van der Waals surface area contributed by atoms with E-state index in [4.69, 9.17) is 4.74 Å². The highest BCUT2D eigenvalue weighted by atomic mass is 32.1. The average molecular weight is 264 g/mol. The smallest absolute Gasteiger partial charge is 0.225 e. The summed E-state index contributed by atoms with van der Waals surface area (Å²) in [5, 5.41) is 4.19. The van der Waals surface area contributed by atoms with Gasteiger partial charge in [-0.05, 0) is 13.0 Å². The van der Waals surface area contributed by atoms with Gasteiger partial charge in [0.2, 0.25) is 5.95 Å². The zero-order valence-corrected chi connectivity index (χ0v) is 11.4. The fourth-order valence-electron chi connectivity index (χ4n) is 2.15. The summed E-state index contributed by atoms with van der Waals surface area (Å²) in [5.74, 6) is 1.71. The number of rotatable bonds is 2. The molecule has 0 radical (unpaired) electrons. The predicted octanol–water partition coefficient (Wildman–Crippen LogP) is 1.88. The number of fused-ring (bicyclic) bond motifs is 1. The van der Waals surface area contributed by atoms with Gasteiger partial charge in [0.15, 0.2) is 0 Å². The van der Waals surface area contributed by atoms with Crippen LogP contribution < -0.4 is 10.2 Å². The van der Waals surface area contributed by atoms with Gasteiger partial charge in [-0.2, -0.15) is 4.98 Å². The normalized spacial score (nSPS) is 16.2. The average Bonchev–Trinajstić information content (AvgIpc) is 2.78. The van der Waals surface area contributed by atoms with Crippen LogP contribution in [0.5, 0.6) is 0 Å². The first-order valence-electron chi connectivity index (χ1n) is 6.06. The third-order valence-corrected chi connectivity index (χ3v) is 3.97. The number of aromatic nitrogens is 2. The van der Waals surface area contributed by atoms with E-state index in [2.05, 4.69) is 33.2 Å². The standard InChI is InChI=1S/C12H16N4OS/c1-8-7-9-10(16-3-5-17-6-4-16)14-12(13-2)15-11(9)18-8/h7H,3-6H2,1-2H3,(H,13,14,15). The van der Waals surface area contributed by atoms with Crippen molar-refractivity contribution in [3.05, 3.63) is 10.9 Å². The van der Waals surface area contributed by atoms with E-state index in [-0.39, 0.29) is 0 Å². The monoisotopic (exact) mass is 264 g/mol. The number of ether oxygens (including phenoxy) is 1. The molecule has 2 aromatic heterocycles. The lowest BCUT2D eigenvalue weighted by Crippen LogP contribution is -2.37. The molecule has 0 aliphatic carbocycles. The molecule has 0 bridgehead atoms. The molecule has 3 heterocycles. The molecule has 2 aromatic rings. The van der Waals surface area contributed by atoms with Crippen molar-refractivity contribution < 1.29 is 4.74 Å². The molecule has 0 saturated carbocycles. The molecule has 96 valence electrons. The SMILES string of the molecule is CNc1nc(N2CCOCC2)c2cc(C)sc2n1. The van der Waals surface area contributed by atoms with Crippen LogP contribution in [0.3, 0.4) is 0 Å². The Bertz CT molecular complexity index is 562. The molecule has 1 fully saturated rings. The highest BCUT2D eigenvalue weighted by Gasteiger charge is 2.18. The van der Waals surface area contributed by atoms with E-state index < -0.39 is 0 Å². The van der Waals surface area contributed by atoms with Gasteiger partial charge >= 0.3 is 0 Å². The van der Waals surface area contributed by atoms with Crippen LogP contribution in [0.1, 0.15) is 4.88 Å². The van der Waals surface area contributed by atoms with Gasteiger partial charge in [0.05, 0.1) is 18.6 Å². The molecule has 5 nitrogen and oxygen atoms in total. The lowest BCUT2D eigenvalue weighted by molar-refractivity contribution is 0.122. The second-order valence-corrected chi connectivity index (χ2v) is 5.53. The minimum absolute atomic E-state index is 0.686. The Morgan fingerprint density at radius 3 is 2.83 bits per heavy atom. The van der Waals surface area contributed by atoms with E-state index in [1.807, 2.05) is 7.05 Å². The largest absolute Gasteiger partial charge is 0.378 e. The summed E-state index contributed by atoms with van der Waals surface area (Å²) < 4.78 is 5.40. The van der Waals surface area contributed by atoms with E-state index in [1.54, 1.807) is 11.3 Å². The van der Waals surface area contributed by atoms with Crippen LogP contribution in [0.2, 0.25) is 0 Å². The number of thiophene rings is 1. The fraction of sp³-hybridized carbons (Fsp3) is 0.500. The summed E-state index contributed by atoms with van der Waals surface area (Å²) in [5.41, 5.74) is 0. The van der Waals surface area contributed by atoms with E-state index in [1.165, 1.54) is 4.88 Å². The second kappa shape index (κ2) is 4.70. The molecule has 0 amide bonds. The van der Waals surface area contributed by atoms with Crippen LogP contribution in [0, 0.1) is 6.92 Å². The molecule has 0 spiro atoms. The molecule has 18 heavy (non-hydrogen) atoms. The van der Waals surface area contributed by atoms with Gasteiger partial charge in [0, 0.05) is 25.0 Å². The van der Waals surface area contributed by atoms with E-state index in [0.717, 1.165) is 42.3 Å². The van der Waals surface area contributed by atoms with Crippen molar-refractivity contribution >= 4 is 33.3 Å². The summed E-state index contributed by atoms with van der Waals surface area (Å²) in [6.07, 6.45) is 0. The predicted molar refractivity (Wildman–Crippen MR) is 74.7 cm³/mol. The molecule has 0 unspecified atom stereocenters. The first-order valence-corrected chi connectivity index (χ1v) is 6.88. The maximum atomic E-state index is 5.40. The molecule has 3 rings (SSSR count). The van der Waals surface area contributed by atoms with Crippen LogP contribution in [-0.4, -0.2) is 43.3 Å². The zero-order valence-electron chi connectivity index (χ0n) is 10.6. The van der Waals surface area contributed by atoms with Gasteiger partial charge in [0.1, 0.15) is 10.6 Å². The van der Waals surface area contributed by atoms with Crippen molar-refractivity contribution in [3.63, 3.8) is 0 Å². The number of nitrogens with zero attached hydrogens (tertiary/aromatic N) is 3. The van der Waals surface area contributed by atoms with Crippen molar-refractivity contribution in [2.24, 2.45) is 0 Å². The summed E-state index contributed by atoms with van der Waals surface area (Å²) in [4.78, 5) is 13.7. The number of anilines is 2. The van der Waals surface area contributed by atoms with Crippen molar-refractivity contribution in [1.82, 2.24) is 9.97 Å². The Morgan fingerprint density at radius 2 is 2.11 bits per heavy atom. The third kappa shape index (κ3) is 2.02. The van der Waals surface area contributed by atoms with Crippen LogP contribution in [0.4, 0.5) is 11.8 Å². The van der Waals surface area contributed by atoms with Gasteiger partial charge in [-0.1, -0.05) is 0 Å². The first kappa shape index (κ1) is 11.7. The van der Waals surface area contributed by atoms with Gasteiger partial charge < -0.3 is 15.0 Å². The Labute approximate surface area is 110 Å². The maximum Gasteiger partial charge on any atom is 0.225 e. The molecule has 6 heteroatoms. The third-order valence-electron chi connectivity index (χ3n) is 3.03. The Morgan fingerprint density at radius 1 is 1.33 bits per heavy atom. The van der Waals surface area contributed by atoms with Crippen LogP contribution in [-0.2, 0) is 4.74 Å². The molecular formula is C12H16N4OS. The summed E-state index contributed by atoms with van der Waals surface area (Å²) in [6, 6.07) is 2.17. The van der Waals surface area contributed by atoms with Gasteiger partial charge in [0.25, 0.3) is 0 Å². The molecule has 1 saturated heterocycles. The number of morpholine rings is 1. The van der Waals surface area contributed by atoms with Crippen LogP contribution in [0.25, 0.3) is 10.2 Å². The number of nitrogens with one attached hydrogen (secondary N) is 1. The summed E-state index contributed by atoms with van der Waals surface area (Å²) in [6.45, 7) is 5.43. The molecule has 0 aromatic carbocycles. The highest BCUT2D eigenvalue weighted by molar-refractivity contribution is 7.18. The summed E-state index contributed by atoms with van der Waals surface area (Å²) in [7, 11) is 1.85. The lowest BCUT2D eigenvalue weighted by Gasteiger charge is -2.28. The molecule has 0 atom stereocenters. The minimum atomic E-state index is 0.686. The van der Waals surface area contributed by atoms with Crippen molar-refractivity contribution in [2.75, 3.05) is 43.6 Å². The zero-order chi connectivity index (χ0) is 12.5. The molecule has 1 N–H and O–H groups in total. The highest BCUT2D eigenvalue weighted by Crippen LogP contribution is 2.31. The van der Waals surface area contributed by atoms with E-state index >= 15 is 0 Å².